The highest BCUT2D eigenvalue weighted by atomic mass is 32.2. The Morgan fingerprint density at radius 2 is 0.673 bits per heavy atom. The first kappa shape index (κ1) is 77.4. The van der Waals surface area contributed by atoms with Crippen molar-refractivity contribution in [2.24, 2.45) is 10.8 Å². The molecule has 536 valence electrons. The molecule has 0 aromatic heterocycles. The second kappa shape index (κ2) is 25.9. The average Bonchev–Trinajstić information content (AvgIpc) is 0.734. The van der Waals surface area contributed by atoms with E-state index < -0.39 is 75.6 Å². The van der Waals surface area contributed by atoms with E-state index in [1.165, 1.54) is 4.08 Å². The number of aryl methyl sites for hydroxylation is 2. The quantitative estimate of drug-likeness (QED) is 0.132. The summed E-state index contributed by atoms with van der Waals surface area (Å²) in [5, 5.41) is 0. The van der Waals surface area contributed by atoms with Crippen LogP contribution in [0.2, 0.25) is 0 Å². The number of fused-ring (bicyclic) bond motifs is 4. The summed E-state index contributed by atoms with van der Waals surface area (Å²) in [7, 11) is -14.4. The lowest BCUT2D eigenvalue weighted by Gasteiger charge is -2.51. The topological polar surface area (TPSA) is 112 Å². The molecular weight excluding hydrogens is 1290 g/mol. The van der Waals surface area contributed by atoms with Crippen LogP contribution in [-0.4, -0.2) is 37.6 Å². The maximum Gasteiger partial charge on any atom is 0.399 e. The third kappa shape index (κ3) is 15.9. The standard InChI is InChI=1S/C84H120N2O8P2S2/c1-52-32-36-61(37-33-52)97(87,88)85(95-91-71-63(40-56(75(5,6)7)44-67(71)79(17,18)19)54(3)64-41-57(76(8,9)10)45-68(72(64)92-95)80(20,21)22)51-84(31)49-60(48-83(29,30)50-84)86(98(89,90)62-38-34-53(2)35-39-62)96-93-73-65(42-58(77(11,12)13)46-69(73)81(23,24)25)55(4)66-43-59(78(14,15)16)47-70(74(66)94-96)82(26,27)28/h32-47,54-55,60H,48-51H2,1-31H3. The highest BCUT2D eigenvalue weighted by Gasteiger charge is 2.55. The predicted octanol–water partition coefficient (Wildman–Crippen LogP) is 23.7. The van der Waals surface area contributed by atoms with Crippen molar-refractivity contribution < 1.29 is 34.9 Å². The van der Waals surface area contributed by atoms with E-state index in [1.807, 2.05) is 38.1 Å². The summed E-state index contributed by atoms with van der Waals surface area (Å²) in [6.45, 7) is 68.1. The van der Waals surface area contributed by atoms with Crippen LogP contribution in [0.1, 0.15) is 310 Å². The smallest absolute Gasteiger partial charge is 0.399 e. The van der Waals surface area contributed by atoms with Gasteiger partial charge in [0.1, 0.15) is 23.0 Å². The Morgan fingerprint density at radius 1 is 0.398 bits per heavy atom. The minimum atomic E-state index is -4.56. The lowest BCUT2D eigenvalue weighted by Crippen LogP contribution is -2.51. The van der Waals surface area contributed by atoms with Crippen molar-refractivity contribution in [1.82, 2.24) is 8.15 Å². The first-order chi connectivity index (χ1) is 44.3. The monoisotopic (exact) mass is 1410 g/mol. The van der Waals surface area contributed by atoms with Crippen LogP contribution in [0, 0.1) is 24.7 Å². The van der Waals surface area contributed by atoms with Gasteiger partial charge in [-0.3, -0.25) is 0 Å². The lowest BCUT2D eigenvalue weighted by atomic mass is 9.63. The summed E-state index contributed by atoms with van der Waals surface area (Å²) in [6, 6.07) is 31.5. The zero-order chi connectivity index (χ0) is 73.6. The van der Waals surface area contributed by atoms with E-state index in [1.54, 1.807) is 28.3 Å². The molecule has 14 heteroatoms. The molecule has 1 aliphatic carbocycles. The second-order valence-corrected chi connectivity index (χ2v) is 45.5. The summed E-state index contributed by atoms with van der Waals surface area (Å²) in [5.74, 6) is 1.98. The van der Waals surface area contributed by atoms with Gasteiger partial charge in [0.2, 0.25) is 0 Å². The van der Waals surface area contributed by atoms with Crippen molar-refractivity contribution in [2.45, 2.75) is 305 Å². The third-order valence-electron chi connectivity index (χ3n) is 20.5. The van der Waals surface area contributed by atoms with Crippen molar-refractivity contribution >= 4 is 37.1 Å². The van der Waals surface area contributed by atoms with E-state index in [-0.39, 0.29) is 56.3 Å². The summed E-state index contributed by atoms with van der Waals surface area (Å²) in [5.41, 5.74) is 9.68. The molecule has 1 saturated carbocycles. The van der Waals surface area contributed by atoms with Gasteiger partial charge in [0.05, 0.1) is 9.79 Å². The maximum atomic E-state index is 16.9. The molecule has 2 unspecified atom stereocenters. The summed E-state index contributed by atoms with van der Waals surface area (Å²) >= 11 is 0. The summed E-state index contributed by atoms with van der Waals surface area (Å²) in [6.07, 6.45) is 1.13. The van der Waals surface area contributed by atoms with Gasteiger partial charge in [-0.05, 0) is 134 Å². The van der Waals surface area contributed by atoms with Gasteiger partial charge in [0.25, 0.3) is 20.0 Å². The number of rotatable bonds is 9. The highest BCUT2D eigenvalue weighted by molar-refractivity contribution is 7.94. The molecule has 0 N–H and O–H groups in total. The average molecular weight is 1410 g/mol. The molecule has 98 heavy (non-hydrogen) atoms. The van der Waals surface area contributed by atoms with Crippen molar-refractivity contribution in [3.8, 4) is 23.0 Å². The van der Waals surface area contributed by atoms with Gasteiger partial charge in [0.15, 0.2) is 0 Å². The fraction of sp³-hybridized carbons (Fsp3) is 0.571. The molecule has 1 fully saturated rings. The number of hydrogen-bond donors (Lipinski definition) is 0. The molecule has 0 amide bonds. The fourth-order valence-electron chi connectivity index (χ4n) is 14.6. The van der Waals surface area contributed by atoms with E-state index in [0.717, 1.165) is 77.9 Å². The Morgan fingerprint density at radius 3 is 0.949 bits per heavy atom. The fourth-order valence-corrected chi connectivity index (χ4v) is 22.2. The zero-order valence-corrected chi connectivity index (χ0v) is 69.1. The van der Waals surface area contributed by atoms with Gasteiger partial charge < -0.3 is 18.1 Å². The van der Waals surface area contributed by atoms with Crippen LogP contribution in [0.25, 0.3) is 0 Å². The summed E-state index contributed by atoms with van der Waals surface area (Å²) < 4.78 is 102. The molecule has 10 nitrogen and oxygen atoms in total. The Labute approximate surface area is 596 Å². The molecule has 2 aliphatic heterocycles. The third-order valence-corrected chi connectivity index (χ3v) is 28.3. The van der Waals surface area contributed by atoms with E-state index in [2.05, 4.69) is 249 Å². The Hall–Kier alpha value is -4.80. The summed E-state index contributed by atoms with van der Waals surface area (Å²) in [4.78, 5) is 0.214. The molecule has 9 rings (SSSR count). The minimum absolute atomic E-state index is 0.0976. The molecule has 6 aromatic rings. The van der Waals surface area contributed by atoms with E-state index in [4.69, 9.17) is 18.1 Å². The molecule has 2 heterocycles. The van der Waals surface area contributed by atoms with Gasteiger partial charge in [-0.2, -0.15) is 0 Å². The van der Waals surface area contributed by atoms with E-state index >= 15 is 16.8 Å². The van der Waals surface area contributed by atoms with Crippen LogP contribution in [0.3, 0.4) is 0 Å². The molecular formula is C84H120N2O8P2S2. The predicted molar refractivity (Wildman–Crippen MR) is 412 cm³/mol. The molecule has 0 bridgehead atoms. The SMILES string of the molecule is Cc1ccc(S(=O)(=O)N(CC2(C)CC(N(P3Oc4c(cc(C(C)(C)C)cc4C(C)(C)C)C(C)c4cc(C(C)(C)C)cc(C(C)(C)C)c4O3)S(=O)(=O)c3ccc(C)cc3)CC(C)(C)C2)P2Oc3c(cc(C(C)(C)C)cc3C(C)(C)C)C(C)c3cc(C(C)(C)C)cc(C(C)(C)C)c3O2)cc1. The first-order valence-electron chi connectivity index (χ1n) is 35.6. The van der Waals surface area contributed by atoms with Gasteiger partial charge in [-0.25, -0.2) is 16.8 Å². The Bertz CT molecular complexity index is 4060. The highest BCUT2D eigenvalue weighted by Crippen LogP contribution is 2.64. The van der Waals surface area contributed by atoms with Crippen LogP contribution < -0.4 is 18.1 Å². The van der Waals surface area contributed by atoms with Crippen LogP contribution in [0.15, 0.2) is 107 Å². The van der Waals surface area contributed by atoms with E-state index in [9.17, 15) is 0 Å². The molecule has 0 saturated heterocycles. The zero-order valence-electron chi connectivity index (χ0n) is 65.7. The second-order valence-electron chi connectivity index (χ2n) is 38.7. The minimum Gasteiger partial charge on any atom is -0.426 e. The number of sulfonamides is 2. The van der Waals surface area contributed by atoms with Crippen LogP contribution >= 0.6 is 17.1 Å². The van der Waals surface area contributed by atoms with Crippen molar-refractivity contribution in [3.63, 3.8) is 0 Å². The van der Waals surface area contributed by atoms with Crippen LogP contribution in [-0.2, 0) is 63.4 Å². The number of benzene rings is 6. The molecule has 0 spiro atoms. The van der Waals surface area contributed by atoms with Crippen LogP contribution in [0.5, 0.6) is 23.0 Å². The van der Waals surface area contributed by atoms with Gasteiger partial charge in [-0.15, -0.1) is 8.15 Å². The first-order valence-corrected chi connectivity index (χ1v) is 40.8. The number of hydrogen-bond acceptors (Lipinski definition) is 8. The normalized spacial score (nSPS) is 21.4. The lowest BCUT2D eigenvalue weighted by molar-refractivity contribution is 0.0527. The van der Waals surface area contributed by atoms with Gasteiger partial charge >= 0.3 is 17.1 Å². The number of nitrogens with zero attached hydrogens (tertiary/aromatic N) is 2. The Kier molecular flexibility index (Phi) is 20.4. The molecule has 2 atom stereocenters. The Balaban J connectivity index is 1.35. The van der Waals surface area contributed by atoms with Crippen LogP contribution in [0.4, 0.5) is 0 Å². The van der Waals surface area contributed by atoms with Crippen molar-refractivity contribution in [3.05, 3.63) is 175 Å². The molecule has 3 aliphatic rings. The molecule has 6 aromatic carbocycles. The maximum absolute atomic E-state index is 16.9. The largest absolute Gasteiger partial charge is 0.426 e. The van der Waals surface area contributed by atoms with Crippen molar-refractivity contribution in [1.29, 1.82) is 0 Å². The van der Waals surface area contributed by atoms with Crippen molar-refractivity contribution in [2.75, 3.05) is 6.54 Å². The van der Waals surface area contributed by atoms with Gasteiger partial charge in [0, 0.05) is 68.9 Å². The van der Waals surface area contributed by atoms with E-state index in [0.29, 0.717) is 35.8 Å². The molecule has 0 radical (unpaired) electrons. The van der Waals surface area contributed by atoms with Gasteiger partial charge in [-0.1, -0.05) is 285 Å².